The molecule has 10 nitrogen and oxygen atoms in total. The predicted octanol–water partition coefficient (Wildman–Crippen LogP) is 6.53. The summed E-state index contributed by atoms with van der Waals surface area (Å²) < 4.78 is 17.8. The number of fused-ring (bicyclic) bond motifs is 1. The standard InChI is InChI=1S/C38H40Cl2N4O6/c1-48-35-23(18-44-16-22(17-44)21-45)9-11-32(41-35)30-8-4-7-29(34(30)40)26-5-3-6-28-27(26)10-12-33(28)50-37-31(39)15-25(36(42-37)49-2)20-43-14-13-24(19-43)38(46)47/h3-9,11,15,22,24,33,45H,10,12-14,16-21H2,1-2H3,(H,46,47)/t24-,33-/m0/s1. The first kappa shape index (κ1) is 34.5. The number of carbonyl (C=O) groups is 1. The molecule has 2 fully saturated rings. The van der Waals surface area contributed by atoms with Crippen LogP contribution in [0.4, 0.5) is 0 Å². The molecular formula is C38H40Cl2N4O6. The molecule has 0 spiro atoms. The van der Waals surface area contributed by atoms with Gasteiger partial charge in [0.15, 0.2) is 0 Å². The fraction of sp³-hybridized carbons (Fsp3) is 0.395. The quantitative estimate of drug-likeness (QED) is 0.167. The van der Waals surface area contributed by atoms with Crippen LogP contribution in [0, 0.1) is 11.8 Å². The lowest BCUT2D eigenvalue weighted by molar-refractivity contribution is -0.141. The van der Waals surface area contributed by atoms with Gasteiger partial charge in [0.1, 0.15) is 11.1 Å². The SMILES string of the molecule is COc1nc(-c2cccc(-c3cccc4c3CC[C@@H]4Oc3nc(OC)c(CN4CC[C@H](C(=O)O)C4)cc3Cl)c2Cl)ccc1CN1CC(CO)C1. The Morgan fingerprint density at radius 2 is 1.58 bits per heavy atom. The maximum Gasteiger partial charge on any atom is 0.307 e. The van der Waals surface area contributed by atoms with Crippen LogP contribution in [0.15, 0.2) is 54.6 Å². The first-order chi connectivity index (χ1) is 24.3. The Hall–Kier alpha value is -3.93. The highest BCUT2D eigenvalue weighted by Gasteiger charge is 2.31. The number of pyridine rings is 2. The number of rotatable bonds is 12. The number of aliphatic hydroxyl groups is 1. The van der Waals surface area contributed by atoms with E-state index >= 15 is 0 Å². The van der Waals surface area contributed by atoms with Crippen LogP contribution in [0.3, 0.4) is 0 Å². The van der Waals surface area contributed by atoms with Gasteiger partial charge in [0, 0.05) is 67.5 Å². The van der Waals surface area contributed by atoms with Gasteiger partial charge in [0.2, 0.25) is 17.6 Å². The summed E-state index contributed by atoms with van der Waals surface area (Å²) in [5.41, 5.74) is 7.50. The van der Waals surface area contributed by atoms with Crippen molar-refractivity contribution < 1.29 is 29.2 Å². The number of aliphatic carboxylic acids is 1. The third kappa shape index (κ3) is 6.87. The molecule has 2 aromatic carbocycles. The summed E-state index contributed by atoms with van der Waals surface area (Å²) in [5.74, 6) is 0.471. The summed E-state index contributed by atoms with van der Waals surface area (Å²) in [5, 5.41) is 19.7. The van der Waals surface area contributed by atoms with E-state index in [-0.39, 0.29) is 18.6 Å². The molecule has 0 amide bonds. The predicted molar refractivity (Wildman–Crippen MR) is 191 cm³/mol. The second-order valence-corrected chi connectivity index (χ2v) is 14.1. The van der Waals surface area contributed by atoms with E-state index in [4.69, 9.17) is 42.4 Å². The normalized spacial score (nSPS) is 19.3. The second-order valence-electron chi connectivity index (χ2n) is 13.3. The van der Waals surface area contributed by atoms with Crippen molar-refractivity contribution in [1.29, 1.82) is 0 Å². The Bertz CT molecular complexity index is 1900. The van der Waals surface area contributed by atoms with E-state index < -0.39 is 5.97 Å². The lowest BCUT2D eigenvalue weighted by Crippen LogP contribution is -2.47. The maximum atomic E-state index is 11.4. The minimum atomic E-state index is -0.770. The molecule has 0 radical (unpaired) electrons. The topological polar surface area (TPSA) is 117 Å². The van der Waals surface area contributed by atoms with Crippen LogP contribution in [0.1, 0.15) is 41.2 Å². The van der Waals surface area contributed by atoms with Gasteiger partial charge >= 0.3 is 5.97 Å². The van der Waals surface area contributed by atoms with E-state index in [0.717, 1.165) is 70.6 Å². The zero-order valence-electron chi connectivity index (χ0n) is 28.1. The molecule has 0 unspecified atom stereocenters. The van der Waals surface area contributed by atoms with Crippen LogP contribution in [0.5, 0.6) is 17.6 Å². The Morgan fingerprint density at radius 3 is 2.32 bits per heavy atom. The van der Waals surface area contributed by atoms with Crippen LogP contribution in [-0.2, 0) is 24.3 Å². The fourth-order valence-corrected chi connectivity index (χ4v) is 7.97. The van der Waals surface area contributed by atoms with Crippen molar-refractivity contribution >= 4 is 29.2 Å². The minimum absolute atomic E-state index is 0.214. The number of hydrogen-bond donors (Lipinski definition) is 2. The highest BCUT2D eigenvalue weighted by Crippen LogP contribution is 2.45. The molecule has 7 rings (SSSR count). The lowest BCUT2D eigenvalue weighted by atomic mass is 9.94. The van der Waals surface area contributed by atoms with Crippen molar-refractivity contribution in [1.82, 2.24) is 19.8 Å². The average Bonchev–Trinajstić information content (AvgIpc) is 3.75. The molecule has 0 bridgehead atoms. The lowest BCUT2D eigenvalue weighted by Gasteiger charge is -2.38. The van der Waals surface area contributed by atoms with Crippen LogP contribution in [-0.4, -0.2) is 83.0 Å². The first-order valence-corrected chi connectivity index (χ1v) is 17.6. The molecule has 2 saturated heterocycles. The van der Waals surface area contributed by atoms with Crippen molar-refractivity contribution in [3.8, 4) is 40.0 Å². The van der Waals surface area contributed by atoms with Gasteiger partial charge in [0.25, 0.3) is 0 Å². The highest BCUT2D eigenvalue weighted by atomic mass is 35.5. The van der Waals surface area contributed by atoms with Gasteiger partial charge in [-0.05, 0) is 54.6 Å². The van der Waals surface area contributed by atoms with E-state index in [1.807, 2.05) is 42.5 Å². The summed E-state index contributed by atoms with van der Waals surface area (Å²) in [6.07, 6.45) is 1.88. The van der Waals surface area contributed by atoms with Crippen molar-refractivity contribution in [3.63, 3.8) is 0 Å². The summed E-state index contributed by atoms with van der Waals surface area (Å²) >= 11 is 13.9. The number of halogens is 2. The summed E-state index contributed by atoms with van der Waals surface area (Å²) in [6.45, 7) is 4.31. The number of ether oxygens (including phenoxy) is 3. The Kier molecular flexibility index (Phi) is 10.2. The largest absolute Gasteiger partial charge is 0.481 e. The van der Waals surface area contributed by atoms with Crippen LogP contribution >= 0.6 is 23.2 Å². The van der Waals surface area contributed by atoms with Crippen LogP contribution < -0.4 is 14.2 Å². The van der Waals surface area contributed by atoms with Crippen molar-refractivity contribution in [2.45, 2.75) is 38.5 Å². The molecule has 2 aromatic heterocycles. The molecule has 2 aliphatic heterocycles. The molecule has 2 N–H and O–H groups in total. The fourth-order valence-electron chi connectivity index (χ4n) is 7.43. The number of methoxy groups -OCH3 is 2. The average molecular weight is 720 g/mol. The number of hydrogen-bond acceptors (Lipinski definition) is 9. The number of carboxylic acid groups (broad SMARTS) is 1. The van der Waals surface area contributed by atoms with Crippen LogP contribution in [0.2, 0.25) is 10.0 Å². The third-order valence-corrected chi connectivity index (χ3v) is 10.7. The molecular weight excluding hydrogens is 679 g/mol. The van der Waals surface area contributed by atoms with Gasteiger partial charge in [-0.3, -0.25) is 14.6 Å². The van der Waals surface area contributed by atoms with Gasteiger partial charge in [-0.1, -0.05) is 65.7 Å². The third-order valence-electron chi connectivity index (χ3n) is 10.0. The van der Waals surface area contributed by atoms with Gasteiger partial charge in [-0.2, -0.15) is 4.98 Å². The number of aliphatic hydroxyl groups excluding tert-OH is 1. The zero-order valence-corrected chi connectivity index (χ0v) is 29.6. The van der Waals surface area contributed by atoms with Crippen molar-refractivity contribution in [2.24, 2.45) is 11.8 Å². The van der Waals surface area contributed by atoms with Crippen molar-refractivity contribution in [2.75, 3.05) is 47.0 Å². The monoisotopic (exact) mass is 718 g/mol. The molecule has 262 valence electrons. The Labute approximate surface area is 301 Å². The first-order valence-electron chi connectivity index (χ1n) is 16.9. The molecule has 4 heterocycles. The molecule has 12 heteroatoms. The number of benzene rings is 2. The number of aromatic nitrogens is 2. The van der Waals surface area contributed by atoms with Crippen LogP contribution in [0.25, 0.3) is 22.4 Å². The van der Waals surface area contributed by atoms with E-state index in [9.17, 15) is 15.0 Å². The molecule has 4 aromatic rings. The maximum absolute atomic E-state index is 11.4. The highest BCUT2D eigenvalue weighted by molar-refractivity contribution is 6.36. The van der Waals surface area contributed by atoms with Gasteiger partial charge < -0.3 is 24.4 Å². The minimum Gasteiger partial charge on any atom is -0.481 e. The Balaban J connectivity index is 1.11. The van der Waals surface area contributed by atoms with Gasteiger partial charge in [-0.25, -0.2) is 4.98 Å². The molecule has 0 saturated carbocycles. The van der Waals surface area contributed by atoms with E-state index in [1.54, 1.807) is 14.2 Å². The van der Waals surface area contributed by atoms with Crippen molar-refractivity contribution in [3.05, 3.63) is 86.9 Å². The molecule has 3 aliphatic rings. The van der Waals surface area contributed by atoms with E-state index in [2.05, 4.69) is 26.9 Å². The summed E-state index contributed by atoms with van der Waals surface area (Å²) in [4.78, 5) is 25.3. The molecule has 2 atom stereocenters. The molecule has 50 heavy (non-hydrogen) atoms. The summed E-state index contributed by atoms with van der Waals surface area (Å²) in [6, 6.07) is 18.0. The zero-order chi connectivity index (χ0) is 34.9. The number of likely N-dealkylation sites (tertiary alicyclic amines) is 2. The number of carboxylic acids is 1. The van der Waals surface area contributed by atoms with Gasteiger partial charge in [0.05, 0.1) is 30.9 Å². The molecule has 1 aliphatic carbocycles. The Morgan fingerprint density at radius 1 is 0.860 bits per heavy atom. The van der Waals surface area contributed by atoms with E-state index in [0.29, 0.717) is 66.2 Å². The summed E-state index contributed by atoms with van der Waals surface area (Å²) in [7, 11) is 3.19. The number of nitrogens with zero attached hydrogens (tertiary/aromatic N) is 4. The van der Waals surface area contributed by atoms with E-state index in [1.165, 1.54) is 0 Å². The van der Waals surface area contributed by atoms with Gasteiger partial charge in [-0.15, -0.1) is 0 Å². The second kappa shape index (κ2) is 14.7. The smallest absolute Gasteiger partial charge is 0.307 e.